The number of nitrogens with one attached hydrogen (secondary N) is 1. The van der Waals surface area contributed by atoms with E-state index in [1.807, 2.05) is 12.1 Å². The molecule has 0 saturated carbocycles. The van der Waals surface area contributed by atoms with Gasteiger partial charge < -0.3 is 19.6 Å². The summed E-state index contributed by atoms with van der Waals surface area (Å²) in [6.45, 7) is 2.18. The summed E-state index contributed by atoms with van der Waals surface area (Å²) in [4.78, 5) is 22.1. The molecule has 7 nitrogen and oxygen atoms in total. The summed E-state index contributed by atoms with van der Waals surface area (Å²) in [6, 6.07) is 6.02. The number of fused-ring (bicyclic) bond motifs is 3. The highest BCUT2D eigenvalue weighted by molar-refractivity contribution is 6.02. The van der Waals surface area contributed by atoms with Crippen molar-refractivity contribution in [2.45, 2.75) is 51.2 Å². The van der Waals surface area contributed by atoms with E-state index in [1.165, 1.54) is 5.56 Å². The van der Waals surface area contributed by atoms with Gasteiger partial charge in [-0.15, -0.1) is 0 Å². The maximum atomic E-state index is 12.5. The molecule has 7 heteroatoms. The Morgan fingerprint density at radius 1 is 1.25 bits per heavy atom. The van der Waals surface area contributed by atoms with Gasteiger partial charge in [0.05, 0.1) is 12.6 Å². The van der Waals surface area contributed by atoms with Gasteiger partial charge in [-0.25, -0.2) is 4.98 Å². The molecular formula is C21H27N3O4. The lowest BCUT2D eigenvalue weighted by Crippen LogP contribution is -2.24. The number of H-pyrrole nitrogens is 1. The maximum absolute atomic E-state index is 12.5. The van der Waals surface area contributed by atoms with Crippen LogP contribution >= 0.6 is 0 Å². The highest BCUT2D eigenvalue weighted by Gasteiger charge is 2.22. The zero-order valence-corrected chi connectivity index (χ0v) is 16.0. The lowest BCUT2D eigenvalue weighted by molar-refractivity contribution is 0.174. The second-order valence-corrected chi connectivity index (χ2v) is 7.69. The van der Waals surface area contributed by atoms with E-state index >= 15 is 0 Å². The van der Waals surface area contributed by atoms with E-state index < -0.39 is 0 Å². The first-order valence-corrected chi connectivity index (χ1v) is 10.1. The average Bonchev–Trinajstić information content (AvgIpc) is 3.25. The summed E-state index contributed by atoms with van der Waals surface area (Å²) in [6.07, 6.45) is 5.46. The first kappa shape index (κ1) is 19.1. The fourth-order valence-corrected chi connectivity index (χ4v) is 3.94. The molecule has 3 N–H and O–H groups in total. The molecule has 0 spiro atoms. The molecule has 4 rings (SSSR count). The van der Waals surface area contributed by atoms with Gasteiger partial charge in [0.15, 0.2) is 0 Å². The molecule has 1 fully saturated rings. The number of aromatic nitrogens is 2. The number of aromatic amines is 1. The number of hydrogen-bond acceptors (Lipinski definition) is 6. The Hall–Kier alpha value is -2.22. The third-order valence-electron chi connectivity index (χ3n) is 5.43. The molecule has 1 aliphatic heterocycles. The average molecular weight is 385 g/mol. The van der Waals surface area contributed by atoms with Crippen molar-refractivity contribution < 1.29 is 14.6 Å². The van der Waals surface area contributed by atoms with Crippen LogP contribution in [0.1, 0.15) is 43.5 Å². The van der Waals surface area contributed by atoms with E-state index in [0.29, 0.717) is 30.0 Å². The molecule has 1 aromatic carbocycles. The number of aryl methyl sites for hydroxylation is 1. The van der Waals surface area contributed by atoms with Crippen LogP contribution in [0.4, 0.5) is 0 Å². The molecule has 28 heavy (non-hydrogen) atoms. The normalized spacial score (nSPS) is 17.9. The van der Waals surface area contributed by atoms with Crippen LogP contribution in [-0.2, 0) is 13.0 Å². The number of likely N-dealkylation sites (tertiary alicyclic amines) is 1. The second-order valence-electron chi connectivity index (χ2n) is 7.69. The van der Waals surface area contributed by atoms with E-state index in [4.69, 9.17) is 9.52 Å². The lowest BCUT2D eigenvalue weighted by atomic mass is 10.0. The fourth-order valence-electron chi connectivity index (χ4n) is 3.94. The van der Waals surface area contributed by atoms with Crippen molar-refractivity contribution >= 4 is 22.1 Å². The van der Waals surface area contributed by atoms with Gasteiger partial charge >= 0.3 is 0 Å². The maximum Gasteiger partial charge on any atom is 0.294 e. The van der Waals surface area contributed by atoms with Gasteiger partial charge in [0.2, 0.25) is 5.58 Å². The van der Waals surface area contributed by atoms with E-state index in [-0.39, 0.29) is 23.9 Å². The SMILES string of the molecule is O=c1[nH]c(CN2CC[C@H](O)C2)nc2c1oc1ccc(CCCCCCO)cc12. The number of furan rings is 1. The van der Waals surface area contributed by atoms with Gasteiger partial charge in [0, 0.05) is 25.1 Å². The van der Waals surface area contributed by atoms with Crippen molar-refractivity contribution in [2.24, 2.45) is 0 Å². The van der Waals surface area contributed by atoms with Gasteiger partial charge in [0.25, 0.3) is 5.56 Å². The number of hydrogen-bond donors (Lipinski definition) is 3. The predicted molar refractivity (Wildman–Crippen MR) is 107 cm³/mol. The van der Waals surface area contributed by atoms with Crippen LogP contribution in [0, 0.1) is 0 Å². The van der Waals surface area contributed by atoms with Gasteiger partial charge in [0.1, 0.15) is 16.9 Å². The zero-order valence-electron chi connectivity index (χ0n) is 16.0. The summed E-state index contributed by atoms with van der Waals surface area (Å²) in [5.74, 6) is 0.601. The minimum absolute atomic E-state index is 0.256. The van der Waals surface area contributed by atoms with Crippen LogP contribution in [0.5, 0.6) is 0 Å². The zero-order chi connectivity index (χ0) is 19.5. The molecule has 2 aromatic heterocycles. The number of unbranched alkanes of at least 4 members (excludes halogenated alkanes) is 3. The summed E-state index contributed by atoms with van der Waals surface area (Å²) < 4.78 is 5.75. The van der Waals surface area contributed by atoms with E-state index in [2.05, 4.69) is 20.9 Å². The Kier molecular flexibility index (Phi) is 5.75. The standard InChI is InChI=1S/C21H27N3O4/c25-10-4-2-1-3-5-14-6-7-17-16(11-14)19-20(28-17)21(27)23-18(22-19)13-24-9-8-15(26)12-24/h6-7,11,15,25-26H,1-5,8-10,12-13H2,(H,22,23,27)/t15-/m0/s1. The molecule has 0 amide bonds. The van der Waals surface area contributed by atoms with Crippen molar-refractivity contribution in [1.82, 2.24) is 14.9 Å². The smallest absolute Gasteiger partial charge is 0.294 e. The van der Waals surface area contributed by atoms with Crippen molar-refractivity contribution in [3.8, 4) is 0 Å². The highest BCUT2D eigenvalue weighted by Crippen LogP contribution is 2.27. The van der Waals surface area contributed by atoms with Crippen molar-refractivity contribution in [2.75, 3.05) is 19.7 Å². The van der Waals surface area contributed by atoms with Crippen molar-refractivity contribution in [3.63, 3.8) is 0 Å². The van der Waals surface area contributed by atoms with Gasteiger partial charge in [-0.3, -0.25) is 9.69 Å². The molecular weight excluding hydrogens is 358 g/mol. The molecule has 0 radical (unpaired) electrons. The molecule has 1 aliphatic rings. The monoisotopic (exact) mass is 385 g/mol. The van der Waals surface area contributed by atoms with Crippen LogP contribution in [0.25, 0.3) is 22.1 Å². The molecule has 1 saturated heterocycles. The largest absolute Gasteiger partial charge is 0.449 e. The van der Waals surface area contributed by atoms with Crippen LogP contribution in [-0.4, -0.2) is 50.9 Å². The van der Waals surface area contributed by atoms with Gasteiger partial charge in [-0.2, -0.15) is 0 Å². The summed E-state index contributed by atoms with van der Waals surface area (Å²) in [5, 5.41) is 19.4. The molecule has 0 bridgehead atoms. The number of aliphatic hydroxyl groups excluding tert-OH is 2. The van der Waals surface area contributed by atoms with E-state index in [1.54, 1.807) is 0 Å². The minimum Gasteiger partial charge on any atom is -0.449 e. The van der Waals surface area contributed by atoms with Crippen molar-refractivity contribution in [3.05, 3.63) is 39.9 Å². The molecule has 0 unspecified atom stereocenters. The second kappa shape index (κ2) is 8.43. The topological polar surface area (TPSA) is 103 Å². The third-order valence-corrected chi connectivity index (χ3v) is 5.43. The Bertz CT molecular complexity index is 1010. The predicted octanol–water partition coefficient (Wildman–Crippen LogP) is 2.33. The first-order chi connectivity index (χ1) is 13.6. The summed E-state index contributed by atoms with van der Waals surface area (Å²) in [5.41, 5.74) is 2.48. The van der Waals surface area contributed by atoms with Crippen molar-refractivity contribution in [1.29, 1.82) is 0 Å². The number of nitrogens with zero attached hydrogens (tertiary/aromatic N) is 2. The lowest BCUT2D eigenvalue weighted by Gasteiger charge is -2.13. The highest BCUT2D eigenvalue weighted by atomic mass is 16.3. The van der Waals surface area contributed by atoms with Crippen LogP contribution in [0.15, 0.2) is 27.4 Å². The van der Waals surface area contributed by atoms with Gasteiger partial charge in [-0.05, 0) is 43.4 Å². The van der Waals surface area contributed by atoms with E-state index in [9.17, 15) is 9.90 Å². The summed E-state index contributed by atoms with van der Waals surface area (Å²) in [7, 11) is 0. The Morgan fingerprint density at radius 2 is 2.11 bits per heavy atom. The van der Waals surface area contributed by atoms with Crippen LogP contribution in [0.3, 0.4) is 0 Å². The molecule has 3 heterocycles. The van der Waals surface area contributed by atoms with Crippen LogP contribution in [0.2, 0.25) is 0 Å². The number of rotatable bonds is 8. The number of benzene rings is 1. The van der Waals surface area contributed by atoms with E-state index in [0.717, 1.165) is 50.5 Å². The fraction of sp³-hybridized carbons (Fsp3) is 0.524. The quantitative estimate of drug-likeness (QED) is 0.514. The number of aliphatic hydroxyl groups is 2. The van der Waals surface area contributed by atoms with Crippen LogP contribution < -0.4 is 5.56 Å². The minimum atomic E-state index is -0.301. The first-order valence-electron chi connectivity index (χ1n) is 10.1. The molecule has 3 aromatic rings. The third kappa shape index (κ3) is 4.11. The summed E-state index contributed by atoms with van der Waals surface area (Å²) >= 11 is 0. The molecule has 0 aliphatic carbocycles. The number of β-amino-alcohol motifs (C(OH)–C–C–N with tert-alkyl or cyclic N) is 1. The molecule has 1 atom stereocenters. The Morgan fingerprint density at radius 3 is 2.89 bits per heavy atom. The Labute approximate surface area is 163 Å². The molecule has 150 valence electrons. The van der Waals surface area contributed by atoms with Gasteiger partial charge in [-0.1, -0.05) is 18.9 Å². The Balaban J connectivity index is 1.58.